The lowest BCUT2D eigenvalue weighted by Gasteiger charge is -2.12. The molecule has 0 fully saturated rings. The number of nitro groups is 1. The van der Waals surface area contributed by atoms with Crippen LogP contribution >= 0.6 is 15.9 Å². The van der Waals surface area contributed by atoms with Crippen molar-refractivity contribution < 1.29 is 19.2 Å². The first-order chi connectivity index (χ1) is 16.9. The normalized spacial score (nSPS) is 11.0. The molecular weight excluding hydrogens is 514 g/mol. The zero-order valence-electron chi connectivity index (χ0n) is 19.0. The molecule has 0 radical (unpaired) electrons. The van der Waals surface area contributed by atoms with Crippen LogP contribution in [0.4, 0.5) is 11.4 Å². The maximum atomic E-state index is 13.0. The molecule has 35 heavy (non-hydrogen) atoms. The Bertz CT molecular complexity index is 1210. The van der Waals surface area contributed by atoms with Gasteiger partial charge in [-0.3, -0.25) is 19.7 Å². The monoisotopic (exact) mass is 537 g/mol. The van der Waals surface area contributed by atoms with Crippen LogP contribution in [-0.4, -0.2) is 23.3 Å². The molecule has 2 N–H and O–H groups in total. The number of halogens is 1. The van der Waals surface area contributed by atoms with Gasteiger partial charge in [0.2, 0.25) is 0 Å². The molecule has 0 unspecified atom stereocenters. The number of ether oxygens (including phenoxy) is 1. The highest BCUT2D eigenvalue weighted by molar-refractivity contribution is 9.10. The summed E-state index contributed by atoms with van der Waals surface area (Å²) < 4.78 is 6.50. The molecule has 0 aliphatic rings. The number of nitro benzene ring substituents is 1. The Morgan fingerprint density at radius 3 is 2.26 bits per heavy atom. The van der Waals surface area contributed by atoms with Gasteiger partial charge in [0, 0.05) is 27.9 Å². The lowest BCUT2D eigenvalue weighted by Crippen LogP contribution is -2.30. The van der Waals surface area contributed by atoms with Crippen LogP contribution in [0.3, 0.4) is 0 Å². The second-order valence-corrected chi connectivity index (χ2v) is 8.46. The number of unbranched alkanes of at least 4 members (excludes halogenated alkanes) is 1. The number of amides is 2. The fourth-order valence-corrected chi connectivity index (χ4v) is 3.24. The van der Waals surface area contributed by atoms with Crippen LogP contribution in [0.1, 0.15) is 35.7 Å². The lowest BCUT2D eigenvalue weighted by molar-refractivity contribution is -0.384. The molecule has 0 heterocycles. The summed E-state index contributed by atoms with van der Waals surface area (Å²) in [5.74, 6) is -0.376. The molecule has 3 aromatic rings. The number of anilines is 1. The van der Waals surface area contributed by atoms with Gasteiger partial charge in [-0.2, -0.15) is 0 Å². The molecule has 3 rings (SSSR count). The number of hydrogen-bond donors (Lipinski definition) is 2. The van der Waals surface area contributed by atoms with Gasteiger partial charge in [-0.15, -0.1) is 0 Å². The summed E-state index contributed by atoms with van der Waals surface area (Å²) in [6.07, 6.45) is 3.51. The molecule has 0 saturated heterocycles. The van der Waals surface area contributed by atoms with E-state index in [1.54, 1.807) is 42.5 Å². The molecule has 0 atom stereocenters. The Kier molecular flexibility index (Phi) is 9.14. The zero-order chi connectivity index (χ0) is 25.2. The van der Waals surface area contributed by atoms with Crippen molar-refractivity contribution in [3.05, 3.63) is 104 Å². The van der Waals surface area contributed by atoms with E-state index in [4.69, 9.17) is 4.74 Å². The Morgan fingerprint density at radius 2 is 1.66 bits per heavy atom. The number of rotatable bonds is 10. The largest absolute Gasteiger partial charge is 0.494 e. The molecule has 0 aromatic heterocycles. The number of non-ortho nitro benzene ring substituents is 1. The predicted octanol–water partition coefficient (Wildman–Crippen LogP) is 5.95. The van der Waals surface area contributed by atoms with Crippen LogP contribution in [0.15, 0.2) is 83.0 Å². The minimum absolute atomic E-state index is 0.0129. The highest BCUT2D eigenvalue weighted by atomic mass is 79.9. The standard InChI is InChI=1S/C26H24BrN3O5/c1-2-3-16-35-23-14-6-19(7-15-23)25(31)29-24(17-18-4-8-20(27)9-5-18)26(32)28-21-10-12-22(13-11-21)30(33)34/h4-15,17H,2-3,16H2,1H3,(H,28,32)(H,29,31). The van der Waals surface area contributed by atoms with Gasteiger partial charge in [0.05, 0.1) is 11.5 Å². The second-order valence-electron chi connectivity index (χ2n) is 7.55. The first kappa shape index (κ1) is 25.6. The van der Waals surface area contributed by atoms with Crippen molar-refractivity contribution >= 4 is 45.2 Å². The van der Waals surface area contributed by atoms with Crippen LogP contribution < -0.4 is 15.4 Å². The van der Waals surface area contributed by atoms with Crippen molar-refractivity contribution in [2.24, 2.45) is 0 Å². The van der Waals surface area contributed by atoms with Crippen molar-refractivity contribution in [2.75, 3.05) is 11.9 Å². The summed E-state index contributed by atoms with van der Waals surface area (Å²) in [5, 5.41) is 16.2. The van der Waals surface area contributed by atoms with E-state index < -0.39 is 16.7 Å². The van der Waals surface area contributed by atoms with Crippen LogP contribution in [0, 0.1) is 10.1 Å². The highest BCUT2D eigenvalue weighted by Gasteiger charge is 2.16. The summed E-state index contributed by atoms with van der Waals surface area (Å²) in [6.45, 7) is 2.68. The third kappa shape index (κ3) is 7.79. The molecular formula is C26H24BrN3O5. The quantitative estimate of drug-likeness (QED) is 0.144. The van der Waals surface area contributed by atoms with Gasteiger partial charge < -0.3 is 15.4 Å². The molecule has 2 amide bonds. The van der Waals surface area contributed by atoms with Gasteiger partial charge in [0.25, 0.3) is 17.5 Å². The van der Waals surface area contributed by atoms with Gasteiger partial charge in [0.1, 0.15) is 11.4 Å². The fourth-order valence-electron chi connectivity index (χ4n) is 2.98. The van der Waals surface area contributed by atoms with Crippen molar-refractivity contribution in [3.63, 3.8) is 0 Å². The molecule has 0 saturated carbocycles. The minimum atomic E-state index is -0.574. The number of hydrogen-bond acceptors (Lipinski definition) is 5. The average molecular weight is 538 g/mol. The number of benzene rings is 3. The molecule has 3 aromatic carbocycles. The smallest absolute Gasteiger partial charge is 0.272 e. The Morgan fingerprint density at radius 1 is 1.00 bits per heavy atom. The zero-order valence-corrected chi connectivity index (χ0v) is 20.6. The van der Waals surface area contributed by atoms with E-state index in [1.165, 1.54) is 24.3 Å². The SMILES string of the molecule is CCCCOc1ccc(C(=O)NC(=Cc2ccc(Br)cc2)C(=O)Nc2ccc([N+](=O)[O-])cc2)cc1. The summed E-state index contributed by atoms with van der Waals surface area (Å²) in [4.78, 5) is 36.2. The van der Waals surface area contributed by atoms with Gasteiger partial charge in [-0.1, -0.05) is 41.4 Å². The summed E-state index contributed by atoms with van der Waals surface area (Å²) >= 11 is 3.37. The van der Waals surface area contributed by atoms with Crippen molar-refractivity contribution in [1.29, 1.82) is 0 Å². The van der Waals surface area contributed by atoms with Crippen LogP contribution in [0.5, 0.6) is 5.75 Å². The molecule has 180 valence electrons. The predicted molar refractivity (Wildman–Crippen MR) is 138 cm³/mol. The number of nitrogens with zero attached hydrogens (tertiary/aromatic N) is 1. The first-order valence-electron chi connectivity index (χ1n) is 10.9. The topological polar surface area (TPSA) is 111 Å². The van der Waals surface area contributed by atoms with Crippen LogP contribution in [-0.2, 0) is 4.79 Å². The van der Waals surface area contributed by atoms with E-state index in [2.05, 4.69) is 33.5 Å². The molecule has 8 nitrogen and oxygen atoms in total. The molecule has 9 heteroatoms. The molecule has 0 aliphatic carbocycles. The Balaban J connectivity index is 1.78. The second kappa shape index (κ2) is 12.5. The minimum Gasteiger partial charge on any atom is -0.494 e. The summed E-state index contributed by atoms with van der Waals surface area (Å²) in [6, 6.07) is 19.3. The lowest BCUT2D eigenvalue weighted by atomic mass is 10.1. The molecule has 0 spiro atoms. The van der Waals surface area contributed by atoms with E-state index >= 15 is 0 Å². The average Bonchev–Trinajstić information content (AvgIpc) is 2.85. The molecule has 0 bridgehead atoms. The van der Waals surface area contributed by atoms with Gasteiger partial charge in [-0.05, 0) is 66.6 Å². The van der Waals surface area contributed by atoms with Crippen molar-refractivity contribution in [2.45, 2.75) is 19.8 Å². The van der Waals surface area contributed by atoms with E-state index in [1.807, 2.05) is 12.1 Å². The number of carbonyl (C=O) groups excluding carboxylic acids is 2. The third-order valence-corrected chi connectivity index (χ3v) is 5.42. The number of carbonyl (C=O) groups is 2. The summed E-state index contributed by atoms with van der Waals surface area (Å²) in [7, 11) is 0. The van der Waals surface area contributed by atoms with E-state index in [9.17, 15) is 19.7 Å². The number of nitrogens with one attached hydrogen (secondary N) is 2. The van der Waals surface area contributed by atoms with E-state index in [0.29, 0.717) is 29.2 Å². The van der Waals surface area contributed by atoms with E-state index in [-0.39, 0.29) is 11.4 Å². The fraction of sp³-hybridized carbons (Fsp3) is 0.154. The Labute approximate surface area is 211 Å². The maximum Gasteiger partial charge on any atom is 0.272 e. The maximum absolute atomic E-state index is 13.0. The van der Waals surface area contributed by atoms with Crippen molar-refractivity contribution in [1.82, 2.24) is 5.32 Å². The van der Waals surface area contributed by atoms with Gasteiger partial charge in [0.15, 0.2) is 0 Å². The highest BCUT2D eigenvalue weighted by Crippen LogP contribution is 2.18. The summed E-state index contributed by atoms with van der Waals surface area (Å²) in [5.41, 5.74) is 1.33. The van der Waals surface area contributed by atoms with Gasteiger partial charge >= 0.3 is 0 Å². The van der Waals surface area contributed by atoms with Crippen LogP contribution in [0.25, 0.3) is 6.08 Å². The molecule has 0 aliphatic heterocycles. The van der Waals surface area contributed by atoms with Gasteiger partial charge in [-0.25, -0.2) is 0 Å². The first-order valence-corrected chi connectivity index (χ1v) is 11.7. The van der Waals surface area contributed by atoms with E-state index in [0.717, 1.165) is 17.3 Å². The van der Waals surface area contributed by atoms with Crippen LogP contribution in [0.2, 0.25) is 0 Å². The Hall–Kier alpha value is -3.98. The third-order valence-electron chi connectivity index (χ3n) is 4.89. The van der Waals surface area contributed by atoms with Crippen molar-refractivity contribution in [3.8, 4) is 5.75 Å².